The lowest BCUT2D eigenvalue weighted by Crippen LogP contribution is -2.16. The zero-order valence-electron chi connectivity index (χ0n) is 14.9. The summed E-state index contributed by atoms with van der Waals surface area (Å²) < 4.78 is 5.78. The molecule has 2 amide bonds. The topological polar surface area (TPSA) is 159 Å². The molecule has 0 atom stereocenters. The summed E-state index contributed by atoms with van der Waals surface area (Å²) in [4.78, 5) is 25.3. The van der Waals surface area contributed by atoms with Gasteiger partial charge in [-0.15, -0.1) is 0 Å². The fourth-order valence-corrected chi connectivity index (χ4v) is 2.69. The van der Waals surface area contributed by atoms with Crippen molar-refractivity contribution >= 4 is 29.0 Å². The highest BCUT2D eigenvalue weighted by molar-refractivity contribution is 6.12. The van der Waals surface area contributed by atoms with E-state index < -0.39 is 5.91 Å². The van der Waals surface area contributed by atoms with Gasteiger partial charge in [-0.1, -0.05) is 12.1 Å². The van der Waals surface area contributed by atoms with Gasteiger partial charge in [0.1, 0.15) is 17.3 Å². The Balaban J connectivity index is 0.00000126. The number of nitrogens with one attached hydrogen (secondary N) is 3. The third-order valence-corrected chi connectivity index (χ3v) is 3.78. The van der Waals surface area contributed by atoms with Crippen molar-refractivity contribution in [3.8, 4) is 11.3 Å². The predicted molar refractivity (Wildman–Crippen MR) is 103 cm³/mol. The highest BCUT2D eigenvalue weighted by atomic mass is 16.3. The van der Waals surface area contributed by atoms with Gasteiger partial charge in [0, 0.05) is 23.0 Å². The van der Waals surface area contributed by atoms with E-state index in [4.69, 9.17) is 15.3 Å². The number of benzene rings is 1. The second kappa shape index (κ2) is 9.53. The van der Waals surface area contributed by atoms with Crippen LogP contribution in [0.25, 0.3) is 22.2 Å². The van der Waals surface area contributed by atoms with E-state index in [9.17, 15) is 9.59 Å². The largest absolute Gasteiger partial charge is 0.460 e. The number of aromatic amines is 1. The summed E-state index contributed by atoms with van der Waals surface area (Å²) in [5, 5.41) is 14.9. The van der Waals surface area contributed by atoms with Crippen molar-refractivity contribution in [1.29, 1.82) is 0 Å². The Bertz CT molecular complexity index is 916. The molecule has 3 aromatic rings. The van der Waals surface area contributed by atoms with Crippen LogP contribution < -0.4 is 22.1 Å². The van der Waals surface area contributed by atoms with Gasteiger partial charge in [-0.25, -0.2) is 0 Å². The maximum absolute atomic E-state index is 11.7. The number of hydrogen-bond acceptors (Lipinski definition) is 6. The first kappa shape index (κ1) is 20.2. The lowest BCUT2D eigenvalue weighted by Gasteiger charge is -2.00. The molecule has 0 fully saturated rings. The van der Waals surface area contributed by atoms with Crippen molar-refractivity contribution in [2.75, 3.05) is 25.5 Å². The van der Waals surface area contributed by atoms with Crippen LogP contribution in [0.15, 0.2) is 34.7 Å². The number of aliphatic hydroxyl groups is 1. The molecular formula is C18H23N5O4. The van der Waals surface area contributed by atoms with Crippen molar-refractivity contribution in [3.05, 3.63) is 41.7 Å². The lowest BCUT2D eigenvalue weighted by atomic mass is 10.1. The summed E-state index contributed by atoms with van der Waals surface area (Å²) in [5.74, 6) is 1.06. The number of anilines is 1. The van der Waals surface area contributed by atoms with E-state index in [2.05, 4.69) is 21.4 Å². The van der Waals surface area contributed by atoms with Gasteiger partial charge in [0.25, 0.3) is 5.91 Å². The number of fused-ring (bicyclic) bond motifs is 1. The van der Waals surface area contributed by atoms with Gasteiger partial charge < -0.3 is 36.6 Å². The first-order valence-electron chi connectivity index (χ1n) is 8.28. The number of H-pyrrole nitrogens is 1. The van der Waals surface area contributed by atoms with Gasteiger partial charge in [0.2, 0.25) is 6.41 Å². The molecule has 27 heavy (non-hydrogen) atoms. The van der Waals surface area contributed by atoms with Crippen molar-refractivity contribution < 1.29 is 19.1 Å². The number of rotatable bonds is 8. The van der Waals surface area contributed by atoms with Crippen molar-refractivity contribution in [2.24, 2.45) is 11.5 Å². The van der Waals surface area contributed by atoms with E-state index in [-0.39, 0.29) is 18.0 Å². The highest BCUT2D eigenvalue weighted by Gasteiger charge is 2.17. The Morgan fingerprint density at radius 2 is 2.07 bits per heavy atom. The monoisotopic (exact) mass is 373 g/mol. The van der Waals surface area contributed by atoms with Gasteiger partial charge in [0.15, 0.2) is 0 Å². The molecule has 144 valence electrons. The Morgan fingerprint density at radius 3 is 2.74 bits per heavy atom. The highest BCUT2D eigenvalue weighted by Crippen LogP contribution is 2.30. The second-order valence-electron chi connectivity index (χ2n) is 5.43. The minimum absolute atomic E-state index is 0.0659. The number of hydrogen-bond donors (Lipinski definition) is 6. The predicted octanol–water partition coefficient (Wildman–Crippen LogP) is 0.752. The van der Waals surface area contributed by atoms with Gasteiger partial charge in [-0.2, -0.15) is 0 Å². The molecule has 0 saturated carbocycles. The minimum atomic E-state index is -0.626. The smallest absolute Gasteiger partial charge is 0.253 e. The molecule has 0 bridgehead atoms. The molecule has 0 unspecified atom stereocenters. The molecule has 0 saturated heterocycles. The maximum atomic E-state index is 11.7. The molecule has 2 heterocycles. The first-order valence-corrected chi connectivity index (χ1v) is 8.28. The summed E-state index contributed by atoms with van der Waals surface area (Å²) in [7, 11) is 1.50. The van der Waals surface area contributed by atoms with Crippen molar-refractivity contribution in [1.82, 2.24) is 10.3 Å². The number of nitrogens with two attached hydrogens (primary N) is 2. The number of furan rings is 1. The molecule has 0 aliphatic carbocycles. The average molecular weight is 373 g/mol. The van der Waals surface area contributed by atoms with Gasteiger partial charge in [-0.3, -0.25) is 9.59 Å². The summed E-state index contributed by atoms with van der Waals surface area (Å²) >= 11 is 0. The van der Waals surface area contributed by atoms with Crippen molar-refractivity contribution in [3.63, 3.8) is 0 Å². The summed E-state index contributed by atoms with van der Waals surface area (Å²) in [5.41, 5.74) is 11.6. The van der Waals surface area contributed by atoms with E-state index in [0.717, 1.165) is 11.3 Å². The van der Waals surface area contributed by atoms with Crippen LogP contribution in [0.3, 0.4) is 0 Å². The van der Waals surface area contributed by atoms with Crippen LogP contribution in [0, 0.1) is 0 Å². The van der Waals surface area contributed by atoms with E-state index in [1.165, 1.54) is 7.05 Å². The fraction of sp³-hybridized carbons (Fsp3) is 0.222. The van der Waals surface area contributed by atoms with Crippen LogP contribution in [-0.2, 0) is 11.3 Å². The zero-order valence-corrected chi connectivity index (χ0v) is 14.9. The van der Waals surface area contributed by atoms with Crippen LogP contribution in [0.2, 0.25) is 0 Å². The summed E-state index contributed by atoms with van der Waals surface area (Å²) in [6.45, 7) is 1.08. The Hall–Kier alpha value is -3.14. The molecule has 9 heteroatoms. The first-order chi connectivity index (χ1) is 13.1. The molecule has 3 rings (SSSR count). The number of primary amides is 1. The standard InChI is InChI=1S/C17H18N4O4.CH5N/c18-16(24)15-12-3-1-10(7-13(12)21-17(15)20-9-23)14-4-2-11(25-14)8-19-5-6-22;1-2/h1-4,7,9,19,21-22H,5-6,8H2,(H2,18,24)(H,20,23);2H2,1H3. The molecule has 1 aromatic carbocycles. The summed E-state index contributed by atoms with van der Waals surface area (Å²) in [6.07, 6.45) is 0.482. The molecule has 0 radical (unpaired) electrons. The zero-order chi connectivity index (χ0) is 19.8. The number of amides is 2. The summed E-state index contributed by atoms with van der Waals surface area (Å²) in [6, 6.07) is 9.09. The quantitative estimate of drug-likeness (QED) is 0.252. The van der Waals surface area contributed by atoms with Crippen LogP contribution in [0.5, 0.6) is 0 Å². The third kappa shape index (κ3) is 4.53. The molecule has 9 nitrogen and oxygen atoms in total. The average Bonchev–Trinajstić information content (AvgIpc) is 3.27. The van der Waals surface area contributed by atoms with Crippen molar-refractivity contribution in [2.45, 2.75) is 6.54 Å². The van der Waals surface area contributed by atoms with E-state index in [1.807, 2.05) is 24.3 Å². The Kier molecular flexibility index (Phi) is 7.12. The van der Waals surface area contributed by atoms with Gasteiger partial charge in [-0.05, 0) is 25.2 Å². The molecule has 0 spiro atoms. The molecule has 2 aromatic heterocycles. The van der Waals surface area contributed by atoms with Crippen LogP contribution >= 0.6 is 0 Å². The van der Waals surface area contributed by atoms with Crippen LogP contribution in [-0.4, -0.2) is 42.6 Å². The number of aromatic nitrogens is 1. The number of aliphatic hydroxyl groups excluding tert-OH is 1. The van der Waals surface area contributed by atoms with E-state index in [1.54, 1.807) is 6.07 Å². The molecule has 0 aliphatic heterocycles. The molecule has 0 aliphatic rings. The minimum Gasteiger partial charge on any atom is -0.460 e. The molecular weight excluding hydrogens is 350 g/mol. The van der Waals surface area contributed by atoms with Crippen LogP contribution in [0.1, 0.15) is 16.1 Å². The maximum Gasteiger partial charge on any atom is 0.253 e. The van der Waals surface area contributed by atoms with E-state index >= 15 is 0 Å². The Labute approximate surface area is 155 Å². The number of carbonyl (C=O) groups excluding carboxylic acids is 2. The third-order valence-electron chi connectivity index (χ3n) is 3.78. The normalized spacial score (nSPS) is 10.3. The number of carbonyl (C=O) groups is 2. The Morgan fingerprint density at radius 1 is 1.30 bits per heavy atom. The SMILES string of the molecule is CN.NC(=O)c1c(NC=O)[nH]c2cc(-c3ccc(CNCCO)o3)ccc12. The van der Waals surface area contributed by atoms with Crippen LogP contribution in [0.4, 0.5) is 5.82 Å². The van der Waals surface area contributed by atoms with Gasteiger partial charge >= 0.3 is 0 Å². The fourth-order valence-electron chi connectivity index (χ4n) is 2.69. The van der Waals surface area contributed by atoms with Gasteiger partial charge in [0.05, 0.1) is 18.7 Å². The lowest BCUT2D eigenvalue weighted by molar-refractivity contribution is -0.105. The second-order valence-corrected chi connectivity index (χ2v) is 5.43. The molecule has 8 N–H and O–H groups in total. The van der Waals surface area contributed by atoms with E-state index in [0.29, 0.717) is 36.2 Å².